The van der Waals surface area contributed by atoms with Crippen LogP contribution in [0, 0.1) is 0 Å². The Morgan fingerprint density at radius 2 is 2.00 bits per heavy atom. The highest BCUT2D eigenvalue weighted by Crippen LogP contribution is 2.30. The van der Waals surface area contributed by atoms with Gasteiger partial charge in [-0.25, -0.2) is 8.42 Å². The van der Waals surface area contributed by atoms with Crippen LogP contribution in [0.1, 0.15) is 13.8 Å². The predicted molar refractivity (Wildman–Crippen MR) is 97.1 cm³/mol. The first-order chi connectivity index (χ1) is 11.3. The summed E-state index contributed by atoms with van der Waals surface area (Å²) in [4.78, 5) is 0.115. The van der Waals surface area contributed by atoms with E-state index >= 15 is 0 Å². The Kier molecular flexibility index (Phi) is 6.39. The molecule has 134 valence electrons. The number of morpholine rings is 1. The minimum atomic E-state index is -3.66. The van der Waals surface area contributed by atoms with Gasteiger partial charge < -0.3 is 20.1 Å². The van der Waals surface area contributed by atoms with Crippen molar-refractivity contribution in [3.8, 4) is 5.75 Å². The Morgan fingerprint density at radius 1 is 1.33 bits per heavy atom. The lowest BCUT2D eigenvalue weighted by molar-refractivity contribution is 0.0729. The van der Waals surface area contributed by atoms with Crippen LogP contribution in [0.2, 0.25) is 0 Å². The van der Waals surface area contributed by atoms with Crippen LogP contribution < -0.4 is 15.4 Å². The number of sulfonamides is 1. The lowest BCUT2D eigenvalue weighted by Gasteiger charge is -2.27. The number of rotatable bonds is 5. The van der Waals surface area contributed by atoms with Gasteiger partial charge in [0.15, 0.2) is 5.11 Å². The van der Waals surface area contributed by atoms with Crippen molar-refractivity contribution in [2.75, 3.05) is 38.7 Å². The van der Waals surface area contributed by atoms with Crippen molar-refractivity contribution >= 4 is 33.0 Å². The molecule has 0 radical (unpaired) electrons. The summed E-state index contributed by atoms with van der Waals surface area (Å²) in [6.07, 6.45) is 0. The molecule has 1 saturated heterocycles. The molecule has 0 unspecified atom stereocenters. The first kappa shape index (κ1) is 18.9. The molecule has 0 saturated carbocycles. The molecule has 0 aliphatic carbocycles. The van der Waals surface area contributed by atoms with Gasteiger partial charge in [-0.3, -0.25) is 0 Å². The molecule has 1 aliphatic heterocycles. The van der Waals surface area contributed by atoms with E-state index in [-0.39, 0.29) is 10.9 Å². The maximum Gasteiger partial charge on any atom is 0.246 e. The lowest BCUT2D eigenvalue weighted by atomic mass is 10.3. The van der Waals surface area contributed by atoms with Gasteiger partial charge in [0, 0.05) is 24.8 Å². The molecule has 0 spiro atoms. The quantitative estimate of drug-likeness (QED) is 0.756. The van der Waals surface area contributed by atoms with Gasteiger partial charge in [-0.2, -0.15) is 4.31 Å². The van der Waals surface area contributed by atoms with Crippen LogP contribution in [0.3, 0.4) is 0 Å². The average molecular weight is 374 g/mol. The zero-order valence-electron chi connectivity index (χ0n) is 14.0. The summed E-state index contributed by atoms with van der Waals surface area (Å²) in [5.74, 6) is 0.301. The maximum absolute atomic E-state index is 12.9. The fraction of sp³-hybridized carbons (Fsp3) is 0.533. The molecular weight excluding hydrogens is 350 g/mol. The maximum atomic E-state index is 12.9. The smallest absolute Gasteiger partial charge is 0.246 e. The van der Waals surface area contributed by atoms with Gasteiger partial charge in [0.2, 0.25) is 10.0 Å². The topological polar surface area (TPSA) is 79.9 Å². The van der Waals surface area contributed by atoms with Crippen LogP contribution in [0.5, 0.6) is 5.75 Å². The standard InChI is InChI=1S/C15H23N3O4S2/c1-11(2)16-15(23)17-12-4-5-13(21-3)14(10-12)24(19,20)18-6-8-22-9-7-18/h4-5,10-11H,6-9H2,1-3H3,(H2,16,17,23). The molecule has 0 bridgehead atoms. The van der Waals surface area contributed by atoms with Crippen molar-refractivity contribution < 1.29 is 17.9 Å². The molecule has 9 heteroatoms. The van der Waals surface area contributed by atoms with Gasteiger partial charge in [0.05, 0.1) is 20.3 Å². The number of hydrogen-bond donors (Lipinski definition) is 2. The minimum Gasteiger partial charge on any atom is -0.495 e. The van der Waals surface area contributed by atoms with Gasteiger partial charge >= 0.3 is 0 Å². The third kappa shape index (κ3) is 4.56. The molecule has 1 aliphatic rings. The van der Waals surface area contributed by atoms with Crippen molar-refractivity contribution in [2.45, 2.75) is 24.8 Å². The third-order valence-electron chi connectivity index (χ3n) is 3.43. The number of ether oxygens (including phenoxy) is 2. The van der Waals surface area contributed by atoms with Crippen LogP contribution in [0.25, 0.3) is 0 Å². The minimum absolute atomic E-state index is 0.115. The second-order valence-electron chi connectivity index (χ2n) is 5.64. The van der Waals surface area contributed by atoms with E-state index in [0.29, 0.717) is 42.9 Å². The van der Waals surface area contributed by atoms with Crippen LogP contribution in [-0.2, 0) is 14.8 Å². The van der Waals surface area contributed by atoms with Crippen molar-refractivity contribution in [2.24, 2.45) is 0 Å². The van der Waals surface area contributed by atoms with E-state index in [1.807, 2.05) is 13.8 Å². The van der Waals surface area contributed by atoms with Gasteiger partial charge in [-0.15, -0.1) is 0 Å². The van der Waals surface area contributed by atoms with Crippen molar-refractivity contribution in [3.05, 3.63) is 18.2 Å². The summed E-state index contributed by atoms with van der Waals surface area (Å²) < 4.78 is 37.7. The van der Waals surface area contributed by atoms with Gasteiger partial charge in [-0.05, 0) is 44.3 Å². The number of nitrogens with one attached hydrogen (secondary N) is 2. The molecular formula is C15H23N3O4S2. The van der Waals surface area contributed by atoms with Crippen molar-refractivity contribution in [3.63, 3.8) is 0 Å². The Balaban J connectivity index is 2.30. The summed E-state index contributed by atoms with van der Waals surface area (Å²) in [7, 11) is -2.21. The van der Waals surface area contributed by atoms with Crippen LogP contribution >= 0.6 is 12.2 Å². The molecule has 0 atom stereocenters. The Labute approximate surface area is 148 Å². The Morgan fingerprint density at radius 3 is 2.58 bits per heavy atom. The zero-order valence-corrected chi connectivity index (χ0v) is 15.7. The van der Waals surface area contributed by atoms with E-state index < -0.39 is 10.0 Å². The van der Waals surface area contributed by atoms with Gasteiger partial charge in [-0.1, -0.05) is 0 Å². The number of hydrogen-bond acceptors (Lipinski definition) is 5. The molecule has 1 aromatic carbocycles. The number of nitrogens with zero attached hydrogens (tertiary/aromatic N) is 1. The van der Waals surface area contributed by atoms with Crippen molar-refractivity contribution in [1.29, 1.82) is 0 Å². The summed E-state index contributed by atoms with van der Waals surface area (Å²) in [5, 5.41) is 6.49. The first-order valence-corrected chi connectivity index (χ1v) is 9.53. The summed E-state index contributed by atoms with van der Waals surface area (Å²) in [6.45, 7) is 5.38. The summed E-state index contributed by atoms with van der Waals surface area (Å²) >= 11 is 5.21. The third-order valence-corrected chi connectivity index (χ3v) is 5.57. The first-order valence-electron chi connectivity index (χ1n) is 7.68. The average Bonchev–Trinajstić information content (AvgIpc) is 2.54. The van der Waals surface area contributed by atoms with Gasteiger partial charge in [0.25, 0.3) is 0 Å². The van der Waals surface area contributed by atoms with Crippen molar-refractivity contribution in [1.82, 2.24) is 9.62 Å². The van der Waals surface area contributed by atoms with E-state index in [9.17, 15) is 8.42 Å². The number of benzene rings is 1. The highest BCUT2D eigenvalue weighted by Gasteiger charge is 2.29. The molecule has 2 rings (SSSR count). The largest absolute Gasteiger partial charge is 0.495 e. The highest BCUT2D eigenvalue weighted by atomic mass is 32.2. The monoisotopic (exact) mass is 373 g/mol. The Bertz CT molecular complexity index is 686. The van der Waals surface area contributed by atoms with E-state index in [4.69, 9.17) is 21.7 Å². The van der Waals surface area contributed by atoms with Crippen LogP contribution in [0.4, 0.5) is 5.69 Å². The van der Waals surface area contributed by atoms with E-state index in [1.165, 1.54) is 17.5 Å². The molecule has 1 aromatic rings. The predicted octanol–water partition coefficient (Wildman–Crippen LogP) is 1.41. The second kappa shape index (κ2) is 8.11. The second-order valence-corrected chi connectivity index (χ2v) is 7.95. The molecule has 1 heterocycles. The lowest BCUT2D eigenvalue weighted by Crippen LogP contribution is -2.40. The van der Waals surface area contributed by atoms with E-state index in [0.717, 1.165) is 0 Å². The van der Waals surface area contributed by atoms with Crippen LogP contribution in [0.15, 0.2) is 23.1 Å². The SMILES string of the molecule is COc1ccc(NC(=S)NC(C)C)cc1S(=O)(=O)N1CCOCC1. The number of thiocarbonyl (C=S) groups is 1. The molecule has 24 heavy (non-hydrogen) atoms. The van der Waals surface area contributed by atoms with E-state index in [2.05, 4.69) is 10.6 Å². The zero-order chi connectivity index (χ0) is 17.7. The number of methoxy groups -OCH3 is 1. The molecule has 0 amide bonds. The summed E-state index contributed by atoms with van der Waals surface area (Å²) in [6, 6.07) is 5.07. The fourth-order valence-electron chi connectivity index (χ4n) is 2.31. The molecule has 2 N–H and O–H groups in total. The molecule has 7 nitrogen and oxygen atoms in total. The highest BCUT2D eigenvalue weighted by molar-refractivity contribution is 7.89. The van der Waals surface area contributed by atoms with Gasteiger partial charge in [0.1, 0.15) is 10.6 Å². The van der Waals surface area contributed by atoms with Crippen LogP contribution in [-0.4, -0.2) is 57.3 Å². The summed E-state index contributed by atoms with van der Waals surface area (Å²) in [5.41, 5.74) is 0.584. The normalized spacial score (nSPS) is 16.0. The Hall–Kier alpha value is -1.42. The fourth-order valence-corrected chi connectivity index (χ4v) is 4.25. The van der Waals surface area contributed by atoms with E-state index in [1.54, 1.807) is 12.1 Å². The number of anilines is 1. The molecule has 1 fully saturated rings. The molecule has 0 aromatic heterocycles.